The quantitative estimate of drug-likeness (QED) is 0.172. The third kappa shape index (κ3) is 4.99. The van der Waals surface area contributed by atoms with Crippen LogP contribution in [0, 0.1) is 17.0 Å². The fourth-order valence-electron chi connectivity index (χ4n) is 3.16. The Morgan fingerprint density at radius 3 is 2.64 bits per heavy atom. The smallest absolute Gasteiger partial charge is 0.311 e. The van der Waals surface area contributed by atoms with E-state index in [2.05, 4.69) is 35.6 Å². The summed E-state index contributed by atoms with van der Waals surface area (Å²) < 4.78 is 0. The lowest BCUT2D eigenvalue weighted by Gasteiger charge is -2.12. The molecule has 12 heteroatoms. The first-order valence-electron chi connectivity index (χ1n) is 9.94. The van der Waals surface area contributed by atoms with Crippen LogP contribution < -0.4 is 16.4 Å². The number of nitrogens with zero attached hydrogens (tertiary/aromatic N) is 5. The summed E-state index contributed by atoms with van der Waals surface area (Å²) in [5.74, 6) is 1.34. The van der Waals surface area contributed by atoms with Crippen molar-refractivity contribution in [1.29, 1.82) is 0 Å². The van der Waals surface area contributed by atoms with E-state index >= 15 is 0 Å². The zero-order valence-electron chi connectivity index (χ0n) is 17.5. The van der Waals surface area contributed by atoms with E-state index in [1.54, 1.807) is 18.6 Å². The number of aromatic nitrogens is 5. The van der Waals surface area contributed by atoms with Gasteiger partial charge in [-0.1, -0.05) is 23.7 Å². The molecule has 4 rings (SSSR count). The largest absolute Gasteiger partial charge is 0.378 e. The van der Waals surface area contributed by atoms with Crippen LogP contribution in [0.5, 0.6) is 0 Å². The molecule has 0 saturated heterocycles. The van der Waals surface area contributed by atoms with Gasteiger partial charge in [-0.2, -0.15) is 0 Å². The second-order valence-electron chi connectivity index (χ2n) is 7.09. The number of anilines is 3. The van der Waals surface area contributed by atoms with Gasteiger partial charge in [-0.15, -0.1) is 0 Å². The molecule has 0 saturated carbocycles. The van der Waals surface area contributed by atoms with Gasteiger partial charge in [0, 0.05) is 43.3 Å². The highest BCUT2D eigenvalue weighted by molar-refractivity contribution is 6.33. The molecular formula is C21H20ClN9O2. The van der Waals surface area contributed by atoms with E-state index in [9.17, 15) is 10.1 Å². The maximum Gasteiger partial charge on any atom is 0.311 e. The molecule has 11 nitrogen and oxygen atoms in total. The minimum absolute atomic E-state index is 0.144. The van der Waals surface area contributed by atoms with Crippen LogP contribution in [0.3, 0.4) is 0 Å². The predicted molar refractivity (Wildman–Crippen MR) is 127 cm³/mol. The number of H-pyrrole nitrogens is 1. The molecule has 0 aliphatic heterocycles. The van der Waals surface area contributed by atoms with Crippen LogP contribution in [0.25, 0.3) is 22.6 Å². The zero-order valence-corrected chi connectivity index (χ0v) is 18.3. The summed E-state index contributed by atoms with van der Waals surface area (Å²) >= 11 is 6.51. The SMILES string of the molecule is Cc1ccc(-c2nc(NCCNc3ccc([N+](=O)[O-])c(N)n3)ncc2-c2ncc[nH]2)c(Cl)c1. The lowest BCUT2D eigenvalue weighted by molar-refractivity contribution is -0.384. The van der Waals surface area contributed by atoms with Gasteiger partial charge in [0.2, 0.25) is 11.8 Å². The second kappa shape index (κ2) is 9.49. The number of benzene rings is 1. The lowest BCUT2D eigenvalue weighted by atomic mass is 10.0. The third-order valence-corrected chi connectivity index (χ3v) is 5.05. The van der Waals surface area contributed by atoms with E-state index in [0.29, 0.717) is 41.4 Å². The highest BCUT2D eigenvalue weighted by Crippen LogP contribution is 2.34. The molecule has 0 spiro atoms. The second-order valence-corrected chi connectivity index (χ2v) is 7.50. The minimum atomic E-state index is -0.574. The Morgan fingerprint density at radius 2 is 1.94 bits per heavy atom. The van der Waals surface area contributed by atoms with E-state index in [-0.39, 0.29) is 11.5 Å². The monoisotopic (exact) mass is 465 g/mol. The van der Waals surface area contributed by atoms with Crippen molar-refractivity contribution < 1.29 is 4.92 Å². The van der Waals surface area contributed by atoms with E-state index in [1.807, 2.05) is 25.1 Å². The average Bonchev–Trinajstić information content (AvgIpc) is 3.31. The Labute approximate surface area is 193 Å². The van der Waals surface area contributed by atoms with E-state index in [1.165, 1.54) is 12.1 Å². The zero-order chi connectivity index (χ0) is 23.4. The Kier molecular flexibility index (Phi) is 6.31. The number of rotatable bonds is 8. The number of imidazole rings is 1. The number of halogens is 1. The maximum absolute atomic E-state index is 10.8. The van der Waals surface area contributed by atoms with E-state index in [0.717, 1.165) is 16.7 Å². The van der Waals surface area contributed by atoms with Crippen molar-refractivity contribution in [3.63, 3.8) is 0 Å². The molecule has 3 heterocycles. The molecule has 4 aromatic rings. The number of pyridine rings is 1. The average molecular weight is 466 g/mol. The summed E-state index contributed by atoms with van der Waals surface area (Å²) in [5.41, 5.74) is 8.56. The van der Waals surface area contributed by atoms with Crippen LogP contribution in [0.1, 0.15) is 5.56 Å². The Bertz CT molecular complexity index is 1300. The number of nitrogens with two attached hydrogens (primary N) is 1. The summed E-state index contributed by atoms with van der Waals surface area (Å²) in [5, 5.41) is 17.6. The van der Waals surface area contributed by atoms with Gasteiger partial charge in [0.15, 0.2) is 0 Å². The minimum Gasteiger partial charge on any atom is -0.378 e. The molecule has 1 aromatic carbocycles. The fraction of sp³-hybridized carbons (Fsp3) is 0.143. The van der Waals surface area contributed by atoms with Gasteiger partial charge in [-0.25, -0.2) is 19.9 Å². The van der Waals surface area contributed by atoms with Crippen LogP contribution in [0.4, 0.5) is 23.3 Å². The van der Waals surface area contributed by atoms with Crippen LogP contribution in [-0.2, 0) is 0 Å². The molecule has 0 aliphatic rings. The molecule has 0 atom stereocenters. The molecule has 3 aromatic heterocycles. The predicted octanol–water partition coefficient (Wildman–Crippen LogP) is 3.90. The molecule has 0 radical (unpaired) electrons. The van der Waals surface area contributed by atoms with Crippen molar-refractivity contribution in [1.82, 2.24) is 24.9 Å². The molecule has 0 aliphatic carbocycles. The molecule has 0 bridgehead atoms. The number of hydrogen-bond acceptors (Lipinski definition) is 9. The van der Waals surface area contributed by atoms with Crippen molar-refractivity contribution in [3.8, 4) is 22.6 Å². The number of aromatic amines is 1. The molecular weight excluding hydrogens is 446 g/mol. The molecule has 5 N–H and O–H groups in total. The maximum atomic E-state index is 10.8. The number of hydrogen-bond donors (Lipinski definition) is 4. The highest BCUT2D eigenvalue weighted by atomic mass is 35.5. The van der Waals surface area contributed by atoms with Crippen molar-refractivity contribution in [2.45, 2.75) is 6.92 Å². The first kappa shape index (κ1) is 22.0. The van der Waals surface area contributed by atoms with Crippen molar-refractivity contribution >= 4 is 34.9 Å². The van der Waals surface area contributed by atoms with Crippen molar-refractivity contribution in [3.05, 3.63) is 69.6 Å². The van der Waals surface area contributed by atoms with Crippen LogP contribution in [0.15, 0.2) is 48.9 Å². The molecule has 0 amide bonds. The van der Waals surface area contributed by atoms with E-state index in [4.69, 9.17) is 17.3 Å². The fourth-order valence-corrected chi connectivity index (χ4v) is 3.48. The summed E-state index contributed by atoms with van der Waals surface area (Å²) in [6.45, 7) is 2.88. The van der Waals surface area contributed by atoms with Crippen LogP contribution in [-0.4, -0.2) is 42.9 Å². The lowest BCUT2D eigenvalue weighted by Crippen LogP contribution is -2.16. The third-order valence-electron chi connectivity index (χ3n) is 4.74. The molecule has 33 heavy (non-hydrogen) atoms. The van der Waals surface area contributed by atoms with E-state index < -0.39 is 4.92 Å². The summed E-state index contributed by atoms with van der Waals surface area (Å²) in [6, 6.07) is 8.58. The standard InChI is InChI=1S/C21H20ClN9O2/c1-12-2-3-13(15(22)10-12)18-14(20-25-7-8-26-20)11-28-21(30-18)27-9-6-24-17-5-4-16(31(32)33)19(23)29-17/h2-5,7-8,10-11H,6,9H2,1H3,(H,25,26)(H3,23,24,29)(H,27,28,30). The number of aryl methyl sites for hydroxylation is 1. The molecule has 0 unspecified atom stereocenters. The summed E-state index contributed by atoms with van der Waals surface area (Å²) in [6.07, 6.45) is 5.07. The number of nitrogen functional groups attached to an aromatic ring is 1. The van der Waals surface area contributed by atoms with Crippen LogP contribution >= 0.6 is 11.6 Å². The van der Waals surface area contributed by atoms with Gasteiger partial charge in [0.25, 0.3) is 0 Å². The molecule has 168 valence electrons. The normalized spacial score (nSPS) is 10.7. The Balaban J connectivity index is 1.49. The summed E-state index contributed by atoms with van der Waals surface area (Å²) in [4.78, 5) is 30.7. The number of nitro groups is 1. The van der Waals surface area contributed by atoms with Gasteiger partial charge in [-0.3, -0.25) is 10.1 Å². The Morgan fingerprint density at radius 1 is 1.12 bits per heavy atom. The van der Waals surface area contributed by atoms with Gasteiger partial charge in [0.1, 0.15) is 11.6 Å². The topological polar surface area (TPSA) is 161 Å². The van der Waals surface area contributed by atoms with Gasteiger partial charge in [-0.05, 0) is 24.6 Å². The Hall–Kier alpha value is -4.25. The van der Waals surface area contributed by atoms with Gasteiger partial charge < -0.3 is 21.4 Å². The number of nitrogens with one attached hydrogen (secondary N) is 3. The van der Waals surface area contributed by atoms with Gasteiger partial charge in [0.05, 0.1) is 21.2 Å². The van der Waals surface area contributed by atoms with Gasteiger partial charge >= 0.3 is 5.69 Å². The first-order valence-corrected chi connectivity index (χ1v) is 10.3. The van der Waals surface area contributed by atoms with Crippen molar-refractivity contribution in [2.24, 2.45) is 0 Å². The first-order chi connectivity index (χ1) is 15.9. The van der Waals surface area contributed by atoms with Crippen LogP contribution in [0.2, 0.25) is 5.02 Å². The summed E-state index contributed by atoms with van der Waals surface area (Å²) in [7, 11) is 0. The van der Waals surface area contributed by atoms with Crippen molar-refractivity contribution in [2.75, 3.05) is 29.5 Å². The molecule has 0 fully saturated rings. The highest BCUT2D eigenvalue weighted by Gasteiger charge is 2.16.